The SMILES string of the molecule is C=CCN(C(=O)C1N([C@@H](CC)CO)C(=O)[C@@H]2[C@H](C(=O)N(CC=C)c3ccccc3)[C@]3(C)CCC12S3)c1ccc(N(CC)CC)cc1. The topological polar surface area (TPSA) is 84.4 Å². The van der Waals surface area contributed by atoms with E-state index >= 15 is 0 Å². The molecular weight excluding hydrogens is 596 g/mol. The van der Waals surface area contributed by atoms with Crippen LogP contribution in [-0.4, -0.2) is 82.1 Å². The van der Waals surface area contributed by atoms with Gasteiger partial charge in [0.2, 0.25) is 11.8 Å². The quantitative estimate of drug-likeness (QED) is 0.273. The number of rotatable bonds is 14. The van der Waals surface area contributed by atoms with E-state index in [2.05, 4.69) is 38.8 Å². The number of anilines is 3. The van der Waals surface area contributed by atoms with E-state index in [1.54, 1.807) is 38.6 Å². The molecule has 2 aromatic carbocycles. The largest absolute Gasteiger partial charge is 0.394 e. The second kappa shape index (κ2) is 13.7. The maximum absolute atomic E-state index is 15.0. The van der Waals surface area contributed by atoms with Crippen LogP contribution >= 0.6 is 11.8 Å². The van der Waals surface area contributed by atoms with Crippen LogP contribution in [0, 0.1) is 11.8 Å². The number of thioether (sulfide) groups is 1. The Morgan fingerprint density at radius 3 is 2.04 bits per heavy atom. The van der Waals surface area contributed by atoms with Crippen LogP contribution in [0.2, 0.25) is 0 Å². The molecule has 3 heterocycles. The second-order valence-electron chi connectivity index (χ2n) is 12.7. The van der Waals surface area contributed by atoms with Gasteiger partial charge in [-0.2, -0.15) is 0 Å². The van der Waals surface area contributed by atoms with E-state index < -0.39 is 33.4 Å². The first-order chi connectivity index (χ1) is 22.2. The maximum Gasteiger partial charge on any atom is 0.251 e. The first kappa shape index (κ1) is 33.8. The van der Waals surface area contributed by atoms with Crippen LogP contribution < -0.4 is 14.7 Å². The minimum atomic E-state index is -0.835. The molecule has 3 aliphatic heterocycles. The molecule has 0 radical (unpaired) electrons. The molecule has 3 saturated heterocycles. The fraction of sp³-hybridized carbons (Fsp3) is 0.486. The van der Waals surface area contributed by atoms with E-state index in [9.17, 15) is 19.5 Å². The van der Waals surface area contributed by atoms with Crippen molar-refractivity contribution in [1.82, 2.24) is 4.90 Å². The number of benzene rings is 2. The lowest BCUT2D eigenvalue weighted by molar-refractivity contribution is -0.142. The number of hydrogen-bond acceptors (Lipinski definition) is 6. The van der Waals surface area contributed by atoms with Gasteiger partial charge in [0.05, 0.1) is 29.2 Å². The first-order valence-corrected chi connectivity index (χ1v) is 17.4. The summed E-state index contributed by atoms with van der Waals surface area (Å²) in [4.78, 5) is 51.7. The van der Waals surface area contributed by atoms with Crippen LogP contribution in [0.25, 0.3) is 0 Å². The zero-order chi connectivity index (χ0) is 33.2. The van der Waals surface area contributed by atoms with Crippen molar-refractivity contribution in [1.29, 1.82) is 0 Å². The Bertz CT molecular complexity index is 1440. The molecule has 2 aromatic rings. The Balaban J connectivity index is 1.59. The second-order valence-corrected chi connectivity index (χ2v) is 14.6. The van der Waals surface area contributed by atoms with Crippen molar-refractivity contribution in [2.24, 2.45) is 11.8 Å². The van der Waals surface area contributed by atoms with Gasteiger partial charge in [0.25, 0.3) is 5.91 Å². The molecule has 3 amide bonds. The van der Waals surface area contributed by atoms with Crippen molar-refractivity contribution in [2.45, 2.75) is 68.5 Å². The predicted octanol–water partition coefficient (Wildman–Crippen LogP) is 5.52. The third-order valence-corrected chi connectivity index (χ3v) is 12.3. The number of aliphatic hydroxyl groups is 1. The number of hydrogen-bond donors (Lipinski definition) is 1. The van der Waals surface area contributed by atoms with Gasteiger partial charge in [0, 0.05) is 48.0 Å². The van der Waals surface area contributed by atoms with E-state index in [1.807, 2.05) is 61.5 Å². The summed E-state index contributed by atoms with van der Waals surface area (Å²) in [5.41, 5.74) is 2.55. The van der Waals surface area contributed by atoms with Gasteiger partial charge in [-0.1, -0.05) is 37.3 Å². The Morgan fingerprint density at radius 2 is 1.50 bits per heavy atom. The van der Waals surface area contributed by atoms with Gasteiger partial charge in [0.15, 0.2) is 0 Å². The van der Waals surface area contributed by atoms with Gasteiger partial charge in [0.1, 0.15) is 6.04 Å². The number of nitrogens with zero attached hydrogens (tertiary/aromatic N) is 4. The Morgan fingerprint density at radius 1 is 0.935 bits per heavy atom. The van der Waals surface area contributed by atoms with Crippen LogP contribution in [0.1, 0.15) is 47.0 Å². The van der Waals surface area contributed by atoms with Crippen molar-refractivity contribution in [3.05, 3.63) is 79.9 Å². The Hall–Kier alpha value is -3.56. The molecular formula is C37H48N4O4S. The van der Waals surface area contributed by atoms with E-state index in [1.165, 1.54) is 0 Å². The first-order valence-electron chi connectivity index (χ1n) is 16.5. The summed E-state index contributed by atoms with van der Waals surface area (Å²) in [5.74, 6) is -1.85. The summed E-state index contributed by atoms with van der Waals surface area (Å²) < 4.78 is -1.32. The molecule has 6 atom stereocenters. The van der Waals surface area contributed by atoms with Crippen molar-refractivity contribution < 1.29 is 19.5 Å². The summed E-state index contributed by atoms with van der Waals surface area (Å²) in [6.07, 6.45) is 5.24. The molecule has 2 bridgehead atoms. The fourth-order valence-electron chi connectivity index (χ4n) is 8.09. The number of carbonyl (C=O) groups excluding carboxylic acids is 3. The summed E-state index contributed by atoms with van der Waals surface area (Å²) in [7, 11) is 0. The maximum atomic E-state index is 15.0. The number of fused-ring (bicyclic) bond motifs is 1. The lowest BCUT2D eigenvalue weighted by atomic mass is 9.66. The molecule has 8 nitrogen and oxygen atoms in total. The van der Waals surface area contributed by atoms with E-state index in [0.29, 0.717) is 25.8 Å². The summed E-state index contributed by atoms with van der Waals surface area (Å²) >= 11 is 1.65. The zero-order valence-electron chi connectivity index (χ0n) is 27.6. The molecule has 1 spiro atoms. The van der Waals surface area contributed by atoms with E-state index in [0.717, 1.165) is 30.2 Å². The third kappa shape index (κ3) is 5.45. The Labute approximate surface area is 278 Å². The number of aliphatic hydroxyl groups excluding tert-OH is 1. The van der Waals surface area contributed by atoms with Crippen LogP contribution in [0.4, 0.5) is 17.1 Å². The average Bonchev–Trinajstić information content (AvgIpc) is 3.64. The zero-order valence-corrected chi connectivity index (χ0v) is 28.4. The molecule has 0 aliphatic carbocycles. The molecule has 5 rings (SSSR count). The smallest absolute Gasteiger partial charge is 0.251 e. The summed E-state index contributed by atoms with van der Waals surface area (Å²) in [6, 6.07) is 16.1. The minimum absolute atomic E-state index is 0.124. The highest BCUT2D eigenvalue weighted by atomic mass is 32.2. The molecule has 2 unspecified atom stereocenters. The van der Waals surface area contributed by atoms with Gasteiger partial charge in [-0.25, -0.2) is 0 Å². The number of likely N-dealkylation sites (tertiary alicyclic amines) is 1. The highest BCUT2D eigenvalue weighted by Crippen LogP contribution is 2.72. The lowest BCUT2D eigenvalue weighted by Gasteiger charge is -2.39. The molecule has 0 aromatic heterocycles. The van der Waals surface area contributed by atoms with Crippen LogP contribution in [0.15, 0.2) is 79.9 Å². The predicted molar refractivity (Wildman–Crippen MR) is 188 cm³/mol. The molecule has 46 heavy (non-hydrogen) atoms. The van der Waals surface area contributed by atoms with Crippen LogP contribution in [-0.2, 0) is 14.4 Å². The normalized spacial score (nSPS) is 26.8. The third-order valence-electron chi connectivity index (χ3n) is 10.3. The van der Waals surface area contributed by atoms with Crippen molar-refractivity contribution in [3.8, 4) is 0 Å². The molecule has 3 aliphatic rings. The highest BCUT2D eigenvalue weighted by molar-refractivity contribution is 8.02. The van der Waals surface area contributed by atoms with Crippen molar-refractivity contribution in [2.75, 3.05) is 47.5 Å². The number of amides is 3. The van der Waals surface area contributed by atoms with Gasteiger partial charge >= 0.3 is 0 Å². The average molecular weight is 645 g/mol. The van der Waals surface area contributed by atoms with Crippen molar-refractivity contribution in [3.63, 3.8) is 0 Å². The molecule has 9 heteroatoms. The summed E-state index contributed by atoms with van der Waals surface area (Å²) in [5, 5.41) is 10.5. The molecule has 1 N–H and O–H groups in total. The van der Waals surface area contributed by atoms with Gasteiger partial charge in [-0.3, -0.25) is 14.4 Å². The minimum Gasteiger partial charge on any atom is -0.394 e. The lowest BCUT2D eigenvalue weighted by Crippen LogP contribution is -2.57. The molecule has 0 saturated carbocycles. The van der Waals surface area contributed by atoms with Crippen LogP contribution in [0.3, 0.4) is 0 Å². The summed E-state index contributed by atoms with van der Waals surface area (Å²) in [6.45, 7) is 18.1. The standard InChI is InChI=1S/C37H48N4O4S/c1-7-23-39(28-15-13-12-14-16-28)33(43)30-31-34(44)41(26(9-3)25-42)32(37(31)22-21-36(30,6)46-37)35(45)40(24-8-2)29-19-17-27(18-20-29)38(10-4)11-5/h7-8,12-20,26,30-32,42H,1-2,9-11,21-25H2,3-6H3/t26-,30+,31-,32?,36-,37?/m0/s1. The highest BCUT2D eigenvalue weighted by Gasteiger charge is 2.78. The van der Waals surface area contributed by atoms with Crippen molar-refractivity contribution >= 4 is 46.5 Å². The van der Waals surface area contributed by atoms with E-state index in [-0.39, 0.29) is 30.9 Å². The number of para-hydroxylation sites is 1. The molecule has 246 valence electrons. The van der Waals surface area contributed by atoms with Gasteiger partial charge in [-0.05, 0) is 76.4 Å². The van der Waals surface area contributed by atoms with Gasteiger partial charge < -0.3 is 24.7 Å². The monoisotopic (exact) mass is 644 g/mol. The number of carbonyl (C=O) groups is 3. The van der Waals surface area contributed by atoms with Crippen LogP contribution in [0.5, 0.6) is 0 Å². The fourth-order valence-corrected chi connectivity index (χ4v) is 10.4. The van der Waals surface area contributed by atoms with Gasteiger partial charge in [-0.15, -0.1) is 24.9 Å². The van der Waals surface area contributed by atoms with E-state index in [4.69, 9.17) is 0 Å². The Kier molecular flexibility index (Phi) is 10.0. The molecule has 3 fully saturated rings.